The molecular formula is C9H15N. The third-order valence-corrected chi connectivity index (χ3v) is 2.89. The van der Waals surface area contributed by atoms with Crippen molar-refractivity contribution in [2.45, 2.75) is 32.1 Å². The molecule has 0 bridgehead atoms. The number of hydrogen-bond donors (Lipinski definition) is 0. The predicted molar refractivity (Wildman–Crippen MR) is 43.4 cm³/mol. The molecule has 1 aliphatic heterocycles. The maximum atomic E-state index is 4.34. The molecule has 0 amide bonds. The SMILES string of the molecule is C1=NCCC2CCCCC12. The highest BCUT2D eigenvalue weighted by atomic mass is 14.7. The molecule has 1 aliphatic carbocycles. The standard InChI is InChI=1S/C9H15N/c1-2-4-9-7-10-6-5-8(9)3-1/h7-9H,1-6H2. The number of rotatable bonds is 0. The molecule has 0 spiro atoms. The third kappa shape index (κ3) is 1.09. The van der Waals surface area contributed by atoms with Gasteiger partial charge in [0.05, 0.1) is 0 Å². The summed E-state index contributed by atoms with van der Waals surface area (Å²) in [6.45, 7) is 1.10. The van der Waals surface area contributed by atoms with E-state index in [1.54, 1.807) is 0 Å². The van der Waals surface area contributed by atoms with Crippen LogP contribution in [-0.4, -0.2) is 12.8 Å². The smallest absolute Gasteiger partial charge is 0.0388 e. The fraction of sp³-hybridized carbons (Fsp3) is 0.889. The van der Waals surface area contributed by atoms with Gasteiger partial charge in [-0.05, 0) is 31.1 Å². The molecule has 1 saturated carbocycles. The summed E-state index contributed by atoms with van der Waals surface area (Å²) in [7, 11) is 0. The average Bonchev–Trinajstić information content (AvgIpc) is 2.05. The van der Waals surface area contributed by atoms with E-state index in [4.69, 9.17) is 0 Å². The van der Waals surface area contributed by atoms with Crippen LogP contribution in [0.4, 0.5) is 0 Å². The Kier molecular flexibility index (Phi) is 1.74. The van der Waals surface area contributed by atoms with Gasteiger partial charge in [-0.15, -0.1) is 0 Å². The van der Waals surface area contributed by atoms with Crippen molar-refractivity contribution in [1.82, 2.24) is 0 Å². The molecule has 0 saturated heterocycles. The molecule has 1 fully saturated rings. The van der Waals surface area contributed by atoms with Gasteiger partial charge >= 0.3 is 0 Å². The second kappa shape index (κ2) is 2.73. The Morgan fingerprint density at radius 2 is 2.00 bits per heavy atom. The summed E-state index contributed by atoms with van der Waals surface area (Å²) in [5.41, 5.74) is 0. The van der Waals surface area contributed by atoms with Crippen molar-refractivity contribution in [3.63, 3.8) is 0 Å². The number of hydrogen-bond acceptors (Lipinski definition) is 1. The lowest BCUT2D eigenvalue weighted by molar-refractivity contribution is 0.282. The van der Waals surface area contributed by atoms with Gasteiger partial charge in [0, 0.05) is 12.8 Å². The normalized spacial score (nSPS) is 39.2. The van der Waals surface area contributed by atoms with E-state index in [-0.39, 0.29) is 0 Å². The highest BCUT2D eigenvalue weighted by Gasteiger charge is 2.24. The Morgan fingerprint density at radius 3 is 2.90 bits per heavy atom. The molecule has 2 atom stereocenters. The van der Waals surface area contributed by atoms with E-state index in [9.17, 15) is 0 Å². The first-order chi connectivity index (χ1) is 4.97. The van der Waals surface area contributed by atoms with Gasteiger partial charge in [0.15, 0.2) is 0 Å². The first-order valence-electron chi connectivity index (χ1n) is 4.47. The van der Waals surface area contributed by atoms with Crippen LogP contribution in [0.5, 0.6) is 0 Å². The van der Waals surface area contributed by atoms with Crippen LogP contribution in [0.25, 0.3) is 0 Å². The number of fused-ring (bicyclic) bond motifs is 1. The zero-order valence-corrected chi connectivity index (χ0v) is 6.42. The van der Waals surface area contributed by atoms with Crippen molar-refractivity contribution in [2.75, 3.05) is 6.54 Å². The topological polar surface area (TPSA) is 12.4 Å². The minimum absolute atomic E-state index is 0.863. The maximum Gasteiger partial charge on any atom is 0.0388 e. The Morgan fingerprint density at radius 1 is 1.10 bits per heavy atom. The second-order valence-electron chi connectivity index (χ2n) is 3.55. The summed E-state index contributed by atoms with van der Waals surface area (Å²) < 4.78 is 0. The van der Waals surface area contributed by atoms with Gasteiger partial charge in [-0.3, -0.25) is 4.99 Å². The fourth-order valence-corrected chi connectivity index (χ4v) is 2.24. The van der Waals surface area contributed by atoms with Crippen molar-refractivity contribution in [3.05, 3.63) is 0 Å². The summed E-state index contributed by atoms with van der Waals surface area (Å²) >= 11 is 0. The monoisotopic (exact) mass is 137 g/mol. The molecule has 56 valence electrons. The average molecular weight is 137 g/mol. The maximum absolute atomic E-state index is 4.34. The molecule has 0 aromatic rings. The predicted octanol–water partition coefficient (Wildman–Crippen LogP) is 2.27. The highest BCUT2D eigenvalue weighted by Crippen LogP contribution is 2.32. The van der Waals surface area contributed by atoms with Crippen molar-refractivity contribution < 1.29 is 0 Å². The molecule has 2 unspecified atom stereocenters. The van der Waals surface area contributed by atoms with Gasteiger partial charge < -0.3 is 0 Å². The van der Waals surface area contributed by atoms with E-state index < -0.39 is 0 Å². The lowest BCUT2D eigenvalue weighted by Crippen LogP contribution is -2.24. The number of nitrogens with zero attached hydrogens (tertiary/aromatic N) is 1. The third-order valence-electron chi connectivity index (χ3n) is 2.89. The van der Waals surface area contributed by atoms with E-state index in [0.717, 1.165) is 18.4 Å². The van der Waals surface area contributed by atoms with Gasteiger partial charge in [0.25, 0.3) is 0 Å². The quantitative estimate of drug-likeness (QED) is 0.485. The van der Waals surface area contributed by atoms with Crippen LogP contribution in [0.15, 0.2) is 4.99 Å². The summed E-state index contributed by atoms with van der Waals surface area (Å²) in [6.07, 6.45) is 9.36. The molecule has 2 aliphatic rings. The van der Waals surface area contributed by atoms with Gasteiger partial charge in [-0.25, -0.2) is 0 Å². The summed E-state index contributed by atoms with van der Waals surface area (Å²) in [6, 6.07) is 0. The van der Waals surface area contributed by atoms with E-state index in [0.29, 0.717) is 0 Å². The molecule has 0 radical (unpaired) electrons. The molecule has 1 heteroatoms. The Hall–Kier alpha value is -0.330. The van der Waals surface area contributed by atoms with Crippen LogP contribution in [0.3, 0.4) is 0 Å². The molecule has 0 aromatic carbocycles. The van der Waals surface area contributed by atoms with Crippen molar-refractivity contribution in [1.29, 1.82) is 0 Å². The lowest BCUT2D eigenvalue weighted by Gasteiger charge is -2.30. The van der Waals surface area contributed by atoms with Crippen LogP contribution in [0.1, 0.15) is 32.1 Å². The van der Waals surface area contributed by atoms with Gasteiger partial charge in [-0.2, -0.15) is 0 Å². The minimum atomic E-state index is 0.863. The van der Waals surface area contributed by atoms with Gasteiger partial charge in [-0.1, -0.05) is 12.8 Å². The number of aliphatic imine (C=N–C) groups is 1. The van der Waals surface area contributed by atoms with Crippen LogP contribution in [-0.2, 0) is 0 Å². The van der Waals surface area contributed by atoms with Gasteiger partial charge in [0.1, 0.15) is 0 Å². The summed E-state index contributed by atoms with van der Waals surface area (Å²) in [5.74, 6) is 1.87. The highest BCUT2D eigenvalue weighted by molar-refractivity contribution is 5.62. The molecular weight excluding hydrogens is 122 g/mol. The fourth-order valence-electron chi connectivity index (χ4n) is 2.24. The molecule has 1 nitrogen and oxygen atoms in total. The van der Waals surface area contributed by atoms with Crippen LogP contribution in [0.2, 0.25) is 0 Å². The molecule has 10 heavy (non-hydrogen) atoms. The lowest BCUT2D eigenvalue weighted by atomic mass is 9.77. The molecule has 0 N–H and O–H groups in total. The second-order valence-corrected chi connectivity index (χ2v) is 3.55. The molecule has 2 rings (SSSR count). The van der Waals surface area contributed by atoms with Crippen LogP contribution in [0, 0.1) is 11.8 Å². The molecule has 0 aromatic heterocycles. The van der Waals surface area contributed by atoms with Crippen molar-refractivity contribution >= 4 is 6.21 Å². The Labute approximate surface area is 62.5 Å². The van der Waals surface area contributed by atoms with Crippen LogP contribution < -0.4 is 0 Å². The summed E-state index contributed by atoms with van der Waals surface area (Å²) in [4.78, 5) is 4.34. The largest absolute Gasteiger partial charge is 0.297 e. The zero-order valence-electron chi connectivity index (χ0n) is 6.42. The Bertz CT molecular complexity index is 140. The van der Waals surface area contributed by atoms with Crippen molar-refractivity contribution in [2.24, 2.45) is 16.8 Å². The van der Waals surface area contributed by atoms with E-state index in [1.807, 2.05) is 0 Å². The van der Waals surface area contributed by atoms with Crippen LogP contribution >= 0.6 is 0 Å². The van der Waals surface area contributed by atoms with Crippen molar-refractivity contribution in [3.8, 4) is 0 Å². The van der Waals surface area contributed by atoms with E-state index in [2.05, 4.69) is 11.2 Å². The molecule has 1 heterocycles. The van der Waals surface area contributed by atoms with E-state index >= 15 is 0 Å². The van der Waals surface area contributed by atoms with E-state index in [1.165, 1.54) is 32.1 Å². The van der Waals surface area contributed by atoms with Gasteiger partial charge in [0.2, 0.25) is 0 Å². The Balaban J connectivity index is 2.03. The zero-order chi connectivity index (χ0) is 6.81. The first-order valence-corrected chi connectivity index (χ1v) is 4.47. The first kappa shape index (κ1) is 6.38. The summed E-state index contributed by atoms with van der Waals surface area (Å²) in [5, 5.41) is 0. The minimum Gasteiger partial charge on any atom is -0.297 e.